The van der Waals surface area contributed by atoms with Crippen LogP contribution in [0.25, 0.3) is 16.9 Å². The van der Waals surface area contributed by atoms with Crippen LogP contribution >= 0.6 is 0 Å². The number of benzene rings is 2. The fourth-order valence-electron chi connectivity index (χ4n) is 2.25. The van der Waals surface area contributed by atoms with E-state index < -0.39 is 0 Å². The number of rotatable bonds is 2. The van der Waals surface area contributed by atoms with Crippen molar-refractivity contribution < 1.29 is 9.47 Å². The molecular formula is C15H12N4O2. The van der Waals surface area contributed by atoms with Crippen LogP contribution in [-0.2, 0) is 0 Å². The van der Waals surface area contributed by atoms with Crippen LogP contribution in [0.15, 0.2) is 48.7 Å². The molecule has 2 N–H and O–H groups in total. The largest absolute Gasteiger partial charge is 0.454 e. The first-order valence-electron chi connectivity index (χ1n) is 6.48. The van der Waals surface area contributed by atoms with Crippen molar-refractivity contribution in [3.05, 3.63) is 48.7 Å². The van der Waals surface area contributed by atoms with Gasteiger partial charge in [-0.2, -0.15) is 0 Å². The molecule has 0 radical (unpaired) electrons. The average molecular weight is 280 g/mol. The number of aromatic nitrogens is 3. The molecule has 0 saturated carbocycles. The van der Waals surface area contributed by atoms with E-state index >= 15 is 0 Å². The molecular weight excluding hydrogens is 268 g/mol. The number of nitrogens with zero attached hydrogens (tertiary/aromatic N) is 3. The predicted octanol–water partition coefficient (Wildman–Crippen LogP) is 2.25. The van der Waals surface area contributed by atoms with Crippen LogP contribution in [0.4, 0.5) is 5.69 Å². The second-order valence-electron chi connectivity index (χ2n) is 4.71. The minimum Gasteiger partial charge on any atom is -0.454 e. The van der Waals surface area contributed by atoms with E-state index in [9.17, 15) is 0 Å². The van der Waals surface area contributed by atoms with E-state index in [-0.39, 0.29) is 6.79 Å². The predicted molar refractivity (Wildman–Crippen MR) is 77.3 cm³/mol. The summed E-state index contributed by atoms with van der Waals surface area (Å²) in [5.41, 5.74) is 9.03. The first kappa shape index (κ1) is 11.8. The Morgan fingerprint density at radius 1 is 1.05 bits per heavy atom. The average Bonchev–Trinajstić information content (AvgIpc) is 3.15. The number of nitrogens with two attached hydrogens (primary N) is 1. The summed E-state index contributed by atoms with van der Waals surface area (Å²) in [4.78, 5) is 0. The normalized spacial score (nSPS) is 12.6. The lowest BCUT2D eigenvalue weighted by atomic mass is 10.1. The number of hydrogen-bond donors (Lipinski definition) is 1. The summed E-state index contributed by atoms with van der Waals surface area (Å²) in [5.74, 6) is 1.48. The van der Waals surface area contributed by atoms with Crippen LogP contribution in [0.1, 0.15) is 0 Å². The zero-order chi connectivity index (χ0) is 14.2. The lowest BCUT2D eigenvalue weighted by molar-refractivity contribution is 0.174. The Hall–Kier alpha value is -3.02. The maximum Gasteiger partial charge on any atom is 0.231 e. The summed E-state index contributed by atoms with van der Waals surface area (Å²) in [6.45, 7) is 0.259. The minimum atomic E-state index is 0.259. The summed E-state index contributed by atoms with van der Waals surface area (Å²) in [7, 11) is 0. The SMILES string of the molecule is Nc1cccc(-n2cc(-c3ccc4c(c3)OCO4)nn2)c1. The summed E-state index contributed by atoms with van der Waals surface area (Å²) in [6, 6.07) is 13.2. The third-order valence-electron chi connectivity index (χ3n) is 3.30. The van der Waals surface area contributed by atoms with Crippen LogP contribution < -0.4 is 15.2 Å². The molecule has 104 valence electrons. The van der Waals surface area contributed by atoms with Gasteiger partial charge in [0.15, 0.2) is 11.5 Å². The second-order valence-corrected chi connectivity index (χ2v) is 4.71. The summed E-state index contributed by atoms with van der Waals surface area (Å²) >= 11 is 0. The standard InChI is InChI=1S/C15H12N4O2/c16-11-2-1-3-12(7-11)19-8-13(17-18-19)10-4-5-14-15(6-10)21-9-20-14/h1-8H,9,16H2. The Morgan fingerprint density at radius 3 is 2.86 bits per heavy atom. The van der Waals surface area contributed by atoms with E-state index in [1.807, 2.05) is 48.7 Å². The number of nitrogen functional groups attached to an aromatic ring is 1. The topological polar surface area (TPSA) is 75.2 Å². The van der Waals surface area contributed by atoms with E-state index in [4.69, 9.17) is 15.2 Å². The van der Waals surface area contributed by atoms with Gasteiger partial charge in [0.05, 0.1) is 11.9 Å². The second kappa shape index (κ2) is 4.52. The maximum absolute atomic E-state index is 5.78. The lowest BCUT2D eigenvalue weighted by Gasteiger charge is -2.01. The van der Waals surface area contributed by atoms with Gasteiger partial charge in [-0.25, -0.2) is 4.68 Å². The highest BCUT2D eigenvalue weighted by atomic mass is 16.7. The van der Waals surface area contributed by atoms with Crippen LogP contribution in [0, 0.1) is 0 Å². The Labute approximate surface area is 120 Å². The van der Waals surface area contributed by atoms with Gasteiger partial charge in [0, 0.05) is 11.3 Å². The Morgan fingerprint density at radius 2 is 1.95 bits per heavy atom. The molecule has 4 rings (SSSR count). The Kier molecular flexibility index (Phi) is 2.53. The third kappa shape index (κ3) is 2.06. The summed E-state index contributed by atoms with van der Waals surface area (Å²) in [5, 5.41) is 8.33. The van der Waals surface area contributed by atoms with Crippen LogP contribution in [0.2, 0.25) is 0 Å². The molecule has 0 aliphatic carbocycles. The first-order valence-corrected chi connectivity index (χ1v) is 6.48. The fourth-order valence-corrected chi connectivity index (χ4v) is 2.25. The van der Waals surface area contributed by atoms with Crippen LogP contribution in [0.5, 0.6) is 11.5 Å². The molecule has 0 saturated heterocycles. The summed E-state index contributed by atoms with van der Waals surface area (Å²) in [6.07, 6.45) is 1.85. The molecule has 0 amide bonds. The van der Waals surface area contributed by atoms with Crippen molar-refractivity contribution in [2.75, 3.05) is 12.5 Å². The molecule has 1 aliphatic heterocycles. The monoisotopic (exact) mass is 280 g/mol. The fraction of sp³-hybridized carbons (Fsp3) is 0.0667. The van der Waals surface area contributed by atoms with E-state index in [2.05, 4.69) is 10.3 Å². The van der Waals surface area contributed by atoms with Crippen molar-refractivity contribution in [2.45, 2.75) is 0 Å². The Balaban J connectivity index is 1.71. The van der Waals surface area contributed by atoms with Gasteiger partial charge in [-0.15, -0.1) is 5.10 Å². The van der Waals surface area contributed by atoms with Gasteiger partial charge >= 0.3 is 0 Å². The van der Waals surface area contributed by atoms with Gasteiger partial charge in [0.2, 0.25) is 6.79 Å². The van der Waals surface area contributed by atoms with Crippen LogP contribution in [-0.4, -0.2) is 21.8 Å². The van der Waals surface area contributed by atoms with Crippen molar-refractivity contribution in [1.29, 1.82) is 0 Å². The van der Waals surface area contributed by atoms with Crippen molar-refractivity contribution >= 4 is 5.69 Å². The molecule has 0 bridgehead atoms. The quantitative estimate of drug-likeness (QED) is 0.729. The maximum atomic E-state index is 5.78. The first-order chi connectivity index (χ1) is 10.3. The minimum absolute atomic E-state index is 0.259. The van der Waals surface area contributed by atoms with E-state index in [1.54, 1.807) is 4.68 Å². The molecule has 0 unspecified atom stereocenters. The zero-order valence-corrected chi connectivity index (χ0v) is 11.1. The molecule has 2 heterocycles. The van der Waals surface area contributed by atoms with Gasteiger partial charge in [-0.05, 0) is 36.4 Å². The smallest absolute Gasteiger partial charge is 0.231 e. The van der Waals surface area contributed by atoms with Crippen LogP contribution in [0.3, 0.4) is 0 Å². The lowest BCUT2D eigenvalue weighted by Crippen LogP contribution is -1.95. The van der Waals surface area contributed by atoms with Crippen molar-refractivity contribution in [2.24, 2.45) is 0 Å². The van der Waals surface area contributed by atoms with Gasteiger partial charge in [-0.3, -0.25) is 0 Å². The number of fused-ring (bicyclic) bond motifs is 1. The molecule has 1 aliphatic rings. The van der Waals surface area contributed by atoms with Crippen molar-refractivity contribution in [1.82, 2.24) is 15.0 Å². The number of anilines is 1. The molecule has 3 aromatic rings. The summed E-state index contributed by atoms with van der Waals surface area (Å²) < 4.78 is 12.4. The zero-order valence-electron chi connectivity index (χ0n) is 11.1. The number of ether oxygens (including phenoxy) is 2. The third-order valence-corrected chi connectivity index (χ3v) is 3.30. The molecule has 2 aromatic carbocycles. The molecule has 6 nitrogen and oxygen atoms in total. The molecule has 6 heteroatoms. The van der Waals surface area contributed by atoms with E-state index in [0.29, 0.717) is 5.69 Å². The molecule has 0 fully saturated rings. The van der Waals surface area contributed by atoms with Gasteiger partial charge in [-0.1, -0.05) is 11.3 Å². The Bertz CT molecular complexity index is 813. The van der Waals surface area contributed by atoms with Crippen molar-refractivity contribution in [3.8, 4) is 28.4 Å². The van der Waals surface area contributed by atoms with Gasteiger partial charge in [0.25, 0.3) is 0 Å². The highest BCUT2D eigenvalue weighted by molar-refractivity contribution is 5.64. The van der Waals surface area contributed by atoms with Gasteiger partial charge in [0.1, 0.15) is 5.69 Å². The molecule has 0 atom stereocenters. The van der Waals surface area contributed by atoms with E-state index in [0.717, 1.165) is 28.4 Å². The highest BCUT2D eigenvalue weighted by Gasteiger charge is 2.15. The van der Waals surface area contributed by atoms with Gasteiger partial charge < -0.3 is 15.2 Å². The number of hydrogen-bond acceptors (Lipinski definition) is 5. The molecule has 1 aromatic heterocycles. The van der Waals surface area contributed by atoms with E-state index in [1.165, 1.54) is 0 Å². The molecule has 0 spiro atoms. The highest BCUT2D eigenvalue weighted by Crippen LogP contribution is 2.35. The van der Waals surface area contributed by atoms with Crippen molar-refractivity contribution in [3.63, 3.8) is 0 Å². The molecule has 21 heavy (non-hydrogen) atoms.